The van der Waals surface area contributed by atoms with E-state index in [0.717, 1.165) is 12.8 Å². The summed E-state index contributed by atoms with van der Waals surface area (Å²) in [6.07, 6.45) is 1.53. The smallest absolute Gasteiger partial charge is 0.316 e. The number of allylic oxidation sites excluding steroid dienone is 1. The molecule has 8 heteroatoms. The average molecular weight is 365 g/mol. The van der Waals surface area contributed by atoms with Crippen molar-refractivity contribution >= 4 is 29.9 Å². The quantitative estimate of drug-likeness (QED) is 0.208. The first-order chi connectivity index (χ1) is 11.8. The van der Waals surface area contributed by atoms with Crippen LogP contribution < -0.4 is 26.5 Å². The van der Waals surface area contributed by atoms with Crippen LogP contribution in [0.2, 0.25) is 0 Å². The zero-order valence-electron chi connectivity index (χ0n) is 14.4. The molecule has 1 aliphatic carbocycles. The van der Waals surface area contributed by atoms with Crippen LogP contribution in [0.25, 0.3) is 0 Å². The molecule has 0 spiro atoms. The molecule has 1 aromatic carbocycles. The van der Waals surface area contributed by atoms with Gasteiger partial charge >= 0.3 is 5.91 Å². The van der Waals surface area contributed by atoms with Gasteiger partial charge in [-0.15, -0.1) is 12.6 Å². The highest BCUT2D eigenvalue weighted by Gasteiger charge is 2.45. The zero-order valence-corrected chi connectivity index (χ0v) is 15.3. The number of aliphatic hydroxyl groups is 1. The highest BCUT2D eigenvalue weighted by Crippen LogP contribution is 2.34. The van der Waals surface area contributed by atoms with Gasteiger partial charge in [-0.3, -0.25) is 4.79 Å². The summed E-state index contributed by atoms with van der Waals surface area (Å²) >= 11 is 4.26. The maximum absolute atomic E-state index is 12.6. The summed E-state index contributed by atoms with van der Waals surface area (Å²) in [5.41, 5.74) is 13.1. The number of nitrogens with one attached hydrogen (secondary N) is 2. The van der Waals surface area contributed by atoms with Gasteiger partial charge in [-0.1, -0.05) is 0 Å². The van der Waals surface area contributed by atoms with Crippen LogP contribution in [-0.4, -0.2) is 42.5 Å². The van der Waals surface area contributed by atoms with Crippen LogP contribution in [-0.2, 0) is 4.79 Å². The van der Waals surface area contributed by atoms with Gasteiger partial charge in [0.1, 0.15) is 19.4 Å². The van der Waals surface area contributed by atoms with Crippen LogP contribution in [0.3, 0.4) is 0 Å². The normalized spacial score (nSPS) is 16.9. The lowest BCUT2D eigenvalue weighted by atomic mass is 10.1. The summed E-state index contributed by atoms with van der Waals surface area (Å²) in [6, 6.07) is 5.07. The molecule has 0 aliphatic heterocycles. The predicted molar refractivity (Wildman–Crippen MR) is 100 cm³/mol. The SMILES string of the molecule is C[NH+]=C(C(=O)NC1(CO)CC1)c1cc(OC/C(S)=C(\C)N)ccc1N. The largest absolute Gasteiger partial charge is 0.488 e. The van der Waals surface area contributed by atoms with Crippen molar-refractivity contribution < 1.29 is 19.6 Å². The lowest BCUT2D eigenvalue weighted by Crippen LogP contribution is -2.72. The molecule has 0 atom stereocenters. The Hall–Kier alpha value is -2.19. The summed E-state index contributed by atoms with van der Waals surface area (Å²) in [4.78, 5) is 16.1. The first-order valence-corrected chi connectivity index (χ1v) is 8.41. The molecule has 7 nitrogen and oxygen atoms in total. The third-order valence-electron chi connectivity index (χ3n) is 4.14. The van der Waals surface area contributed by atoms with Gasteiger partial charge < -0.3 is 26.6 Å². The van der Waals surface area contributed by atoms with Crippen LogP contribution >= 0.6 is 12.6 Å². The minimum atomic E-state index is -0.508. The molecule has 1 saturated carbocycles. The first-order valence-electron chi connectivity index (χ1n) is 7.97. The Morgan fingerprint density at radius 2 is 2.16 bits per heavy atom. The molecule has 0 radical (unpaired) electrons. The van der Waals surface area contributed by atoms with Gasteiger partial charge in [0.05, 0.1) is 17.7 Å². The highest BCUT2D eigenvalue weighted by molar-refractivity contribution is 7.84. The van der Waals surface area contributed by atoms with Crippen molar-refractivity contribution in [2.75, 3.05) is 26.0 Å². The molecule has 1 aromatic rings. The van der Waals surface area contributed by atoms with E-state index in [1.807, 2.05) is 0 Å². The summed E-state index contributed by atoms with van der Waals surface area (Å²) in [7, 11) is 1.65. The lowest BCUT2D eigenvalue weighted by Gasteiger charge is -2.14. The molecule has 0 aromatic heterocycles. The van der Waals surface area contributed by atoms with Gasteiger partial charge in [0, 0.05) is 16.3 Å². The van der Waals surface area contributed by atoms with Crippen molar-refractivity contribution in [1.29, 1.82) is 0 Å². The number of amides is 1. The monoisotopic (exact) mass is 365 g/mol. The maximum Gasteiger partial charge on any atom is 0.316 e. The van der Waals surface area contributed by atoms with E-state index in [2.05, 4.69) is 22.9 Å². The number of carbonyl (C=O) groups excluding carboxylic acids is 1. The van der Waals surface area contributed by atoms with Crippen LogP contribution in [0.1, 0.15) is 25.3 Å². The minimum Gasteiger partial charge on any atom is -0.488 e. The fourth-order valence-electron chi connectivity index (χ4n) is 2.25. The molecule has 1 aliphatic rings. The Bertz CT molecular complexity index is 723. The molecular weight excluding hydrogens is 340 g/mol. The van der Waals surface area contributed by atoms with Crippen LogP contribution in [0.5, 0.6) is 5.75 Å². The lowest BCUT2D eigenvalue weighted by molar-refractivity contribution is -0.418. The third-order valence-corrected chi connectivity index (χ3v) is 4.62. The van der Waals surface area contributed by atoms with E-state index in [9.17, 15) is 9.90 Å². The number of hydrogen-bond acceptors (Lipinski definition) is 6. The van der Waals surface area contributed by atoms with E-state index < -0.39 is 5.54 Å². The van der Waals surface area contributed by atoms with Crippen molar-refractivity contribution in [2.24, 2.45) is 5.73 Å². The Labute approximate surface area is 152 Å². The molecule has 136 valence electrons. The second-order valence-corrected chi connectivity index (χ2v) is 6.72. The summed E-state index contributed by atoms with van der Waals surface area (Å²) in [5.74, 6) is 0.228. The first kappa shape index (κ1) is 19.1. The Morgan fingerprint density at radius 1 is 1.48 bits per heavy atom. The molecule has 25 heavy (non-hydrogen) atoms. The molecule has 0 heterocycles. The standard InChI is InChI=1S/C17H24N4O3S/c1-10(18)14(25)8-24-11-3-4-13(19)12(7-11)15(20-2)16(23)21-17(9-22)5-6-17/h3-4,7,22,25H,5-6,8-9,18-19H2,1-2H3,(H,21,23)/p+1/b14-10-,20-15?. The minimum absolute atomic E-state index is 0.0795. The highest BCUT2D eigenvalue weighted by atomic mass is 32.1. The summed E-state index contributed by atoms with van der Waals surface area (Å²) in [6.45, 7) is 1.89. The number of nitrogen functional groups attached to an aromatic ring is 1. The number of thiol groups is 1. The van der Waals surface area contributed by atoms with E-state index >= 15 is 0 Å². The molecular formula is C17H25N4O3S+. The molecule has 0 saturated heterocycles. The van der Waals surface area contributed by atoms with E-state index in [0.29, 0.717) is 33.3 Å². The van der Waals surface area contributed by atoms with Gasteiger partial charge in [-0.05, 0) is 38.0 Å². The number of nitrogens with two attached hydrogens (primary N) is 2. The van der Waals surface area contributed by atoms with E-state index in [1.165, 1.54) is 0 Å². The number of carbonyl (C=O) groups is 1. The molecule has 1 amide bonds. The van der Waals surface area contributed by atoms with Crippen molar-refractivity contribution in [2.45, 2.75) is 25.3 Å². The zero-order chi connectivity index (χ0) is 18.6. The Morgan fingerprint density at radius 3 is 2.68 bits per heavy atom. The molecule has 0 unspecified atom stereocenters. The molecule has 0 bridgehead atoms. The summed E-state index contributed by atoms with van der Waals surface area (Å²) in [5, 5.41) is 12.2. The van der Waals surface area contributed by atoms with Crippen molar-refractivity contribution in [1.82, 2.24) is 5.32 Å². The topological polar surface area (TPSA) is 125 Å². The van der Waals surface area contributed by atoms with E-state index in [1.54, 1.807) is 32.2 Å². The number of aliphatic hydroxyl groups excluding tert-OH is 1. The summed E-state index contributed by atoms with van der Waals surface area (Å²) < 4.78 is 5.65. The van der Waals surface area contributed by atoms with Gasteiger partial charge in [-0.25, -0.2) is 4.99 Å². The molecule has 2 rings (SSSR count). The van der Waals surface area contributed by atoms with Crippen molar-refractivity contribution in [3.05, 3.63) is 34.4 Å². The fourth-order valence-corrected chi connectivity index (χ4v) is 2.32. The average Bonchev–Trinajstić information content (AvgIpc) is 3.35. The van der Waals surface area contributed by atoms with Crippen LogP contribution in [0, 0.1) is 0 Å². The number of anilines is 1. The number of benzene rings is 1. The van der Waals surface area contributed by atoms with E-state index in [4.69, 9.17) is 16.2 Å². The third kappa shape index (κ3) is 4.67. The van der Waals surface area contributed by atoms with E-state index in [-0.39, 0.29) is 19.1 Å². The number of rotatable bonds is 7. The maximum atomic E-state index is 12.6. The van der Waals surface area contributed by atoms with Gasteiger partial charge in [-0.2, -0.15) is 0 Å². The van der Waals surface area contributed by atoms with Crippen LogP contribution in [0.15, 0.2) is 28.8 Å². The van der Waals surface area contributed by atoms with Gasteiger partial charge in [0.2, 0.25) is 0 Å². The molecule has 1 fully saturated rings. The number of ether oxygens (including phenoxy) is 1. The van der Waals surface area contributed by atoms with Crippen molar-refractivity contribution in [3.8, 4) is 5.75 Å². The van der Waals surface area contributed by atoms with Gasteiger partial charge in [0.25, 0.3) is 5.71 Å². The molecule has 7 N–H and O–H groups in total. The predicted octanol–water partition coefficient (Wildman–Crippen LogP) is -1.09. The fraction of sp³-hybridized carbons (Fsp3) is 0.412. The van der Waals surface area contributed by atoms with Gasteiger partial charge in [0.15, 0.2) is 0 Å². The Balaban J connectivity index is 2.19. The van der Waals surface area contributed by atoms with Crippen molar-refractivity contribution in [3.63, 3.8) is 0 Å². The second kappa shape index (κ2) is 7.79. The van der Waals surface area contributed by atoms with Crippen LogP contribution in [0.4, 0.5) is 5.69 Å². The Kier molecular flexibility index (Phi) is 5.97. The number of hydrogen-bond donors (Lipinski definition) is 6. The second-order valence-electron chi connectivity index (χ2n) is 6.19.